The second-order valence-electron chi connectivity index (χ2n) is 7.77. The number of ether oxygens (including phenoxy) is 1. The summed E-state index contributed by atoms with van der Waals surface area (Å²) in [4.78, 5) is 5.43. The van der Waals surface area contributed by atoms with Crippen molar-refractivity contribution in [2.24, 2.45) is 0 Å². The molecule has 1 atom stereocenters. The fraction of sp³-hybridized carbons (Fsp3) is 0.600. The van der Waals surface area contributed by atoms with Crippen LogP contribution >= 0.6 is 7.82 Å². The minimum absolute atomic E-state index is 0.0990. The third kappa shape index (κ3) is 10.5. The Kier molecular flexibility index (Phi) is 13.6. The van der Waals surface area contributed by atoms with Crippen LogP contribution < -0.4 is 4.89 Å². The molecule has 0 aliphatic carbocycles. The first-order valence-electron chi connectivity index (χ1n) is 12.0. The van der Waals surface area contributed by atoms with Gasteiger partial charge in [-0.05, 0) is 24.8 Å². The van der Waals surface area contributed by atoms with Gasteiger partial charge in [-0.25, -0.2) is 4.57 Å². The number of rotatable bonds is 19. The van der Waals surface area contributed by atoms with Gasteiger partial charge in [-0.2, -0.15) is 0 Å². The molecule has 0 aliphatic rings. The van der Waals surface area contributed by atoms with E-state index in [-0.39, 0.29) is 6.61 Å². The van der Waals surface area contributed by atoms with Crippen LogP contribution in [0.5, 0.6) is 5.75 Å². The van der Waals surface area contributed by atoms with Crippen molar-refractivity contribution in [3.05, 3.63) is 42.5 Å². The maximum absolute atomic E-state index is 13.1. The average Bonchev–Trinajstić information content (AvgIpc) is 2.82. The van der Waals surface area contributed by atoms with Gasteiger partial charge in [0.15, 0.2) is 5.75 Å². The molecule has 0 aliphatic heterocycles. The van der Waals surface area contributed by atoms with Crippen LogP contribution in [-0.4, -0.2) is 26.4 Å². The van der Waals surface area contributed by atoms with Crippen LogP contribution in [0.25, 0.3) is 10.8 Å². The summed E-state index contributed by atoms with van der Waals surface area (Å²) in [6.07, 6.45) is 10.7. The predicted molar refractivity (Wildman–Crippen MR) is 129 cm³/mol. The van der Waals surface area contributed by atoms with E-state index < -0.39 is 7.82 Å². The lowest BCUT2D eigenvalue weighted by atomic mass is 10.1. The van der Waals surface area contributed by atoms with Gasteiger partial charge in [0, 0.05) is 12.0 Å². The second-order valence-corrected chi connectivity index (χ2v) is 9.33. The minimum Gasteiger partial charge on any atom is -0.379 e. The van der Waals surface area contributed by atoms with Crippen LogP contribution in [0.3, 0.4) is 0 Å². The molecule has 0 saturated carbocycles. The van der Waals surface area contributed by atoms with Crippen LogP contribution in [0, 0.1) is 0 Å². The van der Waals surface area contributed by atoms with Crippen molar-refractivity contribution in [2.45, 2.75) is 71.6 Å². The van der Waals surface area contributed by atoms with Gasteiger partial charge in [-0.1, -0.05) is 99.4 Å². The molecular formula is C25H39O6P. The Morgan fingerprint density at radius 1 is 0.719 bits per heavy atom. The fourth-order valence-electron chi connectivity index (χ4n) is 3.38. The lowest BCUT2D eigenvalue weighted by molar-refractivity contribution is -0.132. The summed E-state index contributed by atoms with van der Waals surface area (Å²) in [5.74, 6) is 0.461. The highest BCUT2D eigenvalue weighted by Gasteiger charge is 2.29. The number of hydrogen-bond donors (Lipinski definition) is 0. The Morgan fingerprint density at radius 3 is 2.12 bits per heavy atom. The number of hydrogen-bond acceptors (Lipinski definition) is 6. The van der Waals surface area contributed by atoms with Gasteiger partial charge in [-0.15, -0.1) is 0 Å². The van der Waals surface area contributed by atoms with Crippen LogP contribution in [0.2, 0.25) is 0 Å². The molecule has 32 heavy (non-hydrogen) atoms. The van der Waals surface area contributed by atoms with Crippen molar-refractivity contribution in [1.29, 1.82) is 0 Å². The maximum atomic E-state index is 13.1. The Balaban J connectivity index is 1.79. The molecule has 0 N–H and O–H groups in total. The van der Waals surface area contributed by atoms with Crippen LogP contribution in [0.15, 0.2) is 42.5 Å². The highest BCUT2D eigenvalue weighted by molar-refractivity contribution is 7.48. The van der Waals surface area contributed by atoms with E-state index in [0.29, 0.717) is 25.6 Å². The topological polar surface area (TPSA) is 63.2 Å². The molecule has 1 unspecified atom stereocenters. The SMILES string of the molecule is CCCCCCCCCCCOP(=O)(OCCOCC)OOc1cccc2ccccc12. The van der Waals surface area contributed by atoms with Gasteiger partial charge in [0.2, 0.25) is 0 Å². The fourth-order valence-corrected chi connectivity index (χ4v) is 4.36. The van der Waals surface area contributed by atoms with E-state index in [9.17, 15) is 4.57 Å². The van der Waals surface area contributed by atoms with E-state index in [1.807, 2.05) is 43.3 Å². The molecule has 0 bridgehead atoms. The first kappa shape index (κ1) is 26.8. The van der Waals surface area contributed by atoms with E-state index >= 15 is 0 Å². The molecule has 7 heteroatoms. The number of unbranched alkanes of at least 4 members (excludes halogenated alkanes) is 8. The smallest absolute Gasteiger partial charge is 0.379 e. The Labute approximate surface area is 193 Å². The summed E-state index contributed by atoms with van der Waals surface area (Å²) in [6.45, 7) is 5.37. The summed E-state index contributed by atoms with van der Waals surface area (Å²) >= 11 is 0. The van der Waals surface area contributed by atoms with Crippen LogP contribution in [-0.2, 0) is 23.0 Å². The van der Waals surface area contributed by atoms with Crippen molar-refractivity contribution in [3.8, 4) is 5.75 Å². The van der Waals surface area contributed by atoms with E-state index in [0.717, 1.165) is 30.0 Å². The van der Waals surface area contributed by atoms with Gasteiger partial charge < -0.3 is 9.62 Å². The zero-order valence-corrected chi connectivity index (χ0v) is 20.5. The Hall–Kier alpha value is -1.43. The van der Waals surface area contributed by atoms with E-state index in [2.05, 4.69) is 6.92 Å². The van der Waals surface area contributed by atoms with Gasteiger partial charge in [0.05, 0.1) is 19.8 Å². The molecule has 0 aromatic heterocycles. The molecule has 180 valence electrons. The summed E-state index contributed by atoms with van der Waals surface area (Å²) in [6, 6.07) is 13.3. The summed E-state index contributed by atoms with van der Waals surface area (Å²) < 4.78 is 34.5. The Morgan fingerprint density at radius 2 is 1.38 bits per heavy atom. The van der Waals surface area contributed by atoms with Crippen molar-refractivity contribution >= 4 is 18.6 Å². The molecule has 0 saturated heterocycles. The molecule has 0 fully saturated rings. The van der Waals surface area contributed by atoms with Gasteiger partial charge in [0.25, 0.3) is 0 Å². The van der Waals surface area contributed by atoms with Gasteiger partial charge >= 0.3 is 7.82 Å². The van der Waals surface area contributed by atoms with Crippen molar-refractivity contribution in [3.63, 3.8) is 0 Å². The quantitative estimate of drug-likeness (QED) is 0.0909. The highest BCUT2D eigenvalue weighted by Crippen LogP contribution is 2.50. The van der Waals surface area contributed by atoms with Crippen molar-refractivity contribution in [1.82, 2.24) is 0 Å². The standard InChI is InChI=1S/C25H39O6P/c1-3-5-6-7-8-9-10-11-14-20-28-32(26,29-22-21-27-4-2)31-30-25-19-15-17-23-16-12-13-18-24(23)25/h12-13,15-19H,3-11,14,20-22H2,1-2H3. The molecule has 2 aromatic carbocycles. The minimum atomic E-state index is -3.88. The number of benzene rings is 2. The van der Waals surface area contributed by atoms with E-state index in [4.69, 9.17) is 23.3 Å². The Bertz CT molecular complexity index is 792. The molecule has 0 heterocycles. The zero-order chi connectivity index (χ0) is 22.9. The lowest BCUT2D eigenvalue weighted by Crippen LogP contribution is -2.08. The summed E-state index contributed by atoms with van der Waals surface area (Å²) in [7, 11) is -3.88. The van der Waals surface area contributed by atoms with Gasteiger partial charge in [-0.3, -0.25) is 9.05 Å². The third-order valence-corrected chi connectivity index (χ3v) is 6.40. The molecule has 2 aromatic rings. The first-order chi connectivity index (χ1) is 15.7. The second kappa shape index (κ2) is 16.2. The van der Waals surface area contributed by atoms with Crippen LogP contribution in [0.1, 0.15) is 71.6 Å². The molecule has 0 radical (unpaired) electrons. The zero-order valence-electron chi connectivity index (χ0n) is 19.6. The highest BCUT2D eigenvalue weighted by atomic mass is 31.2. The summed E-state index contributed by atoms with van der Waals surface area (Å²) in [5.41, 5.74) is 0. The summed E-state index contributed by atoms with van der Waals surface area (Å²) in [5, 5.41) is 1.85. The molecule has 0 amide bonds. The molecule has 6 nitrogen and oxygen atoms in total. The lowest BCUT2D eigenvalue weighted by Gasteiger charge is -2.17. The normalized spacial score (nSPS) is 13.3. The van der Waals surface area contributed by atoms with E-state index in [1.54, 1.807) is 6.07 Å². The van der Waals surface area contributed by atoms with Crippen molar-refractivity contribution in [2.75, 3.05) is 26.4 Å². The first-order valence-corrected chi connectivity index (χ1v) is 13.5. The monoisotopic (exact) mass is 466 g/mol. The van der Waals surface area contributed by atoms with Crippen LogP contribution in [0.4, 0.5) is 0 Å². The number of phosphoric ester groups is 1. The predicted octanol–water partition coefficient (Wildman–Crippen LogP) is 7.86. The largest absolute Gasteiger partial charge is 0.511 e. The van der Waals surface area contributed by atoms with Crippen molar-refractivity contribution < 1.29 is 27.9 Å². The molecular weight excluding hydrogens is 427 g/mol. The maximum Gasteiger partial charge on any atom is 0.511 e. The number of fused-ring (bicyclic) bond motifs is 1. The molecule has 0 spiro atoms. The van der Waals surface area contributed by atoms with Gasteiger partial charge in [0.1, 0.15) is 0 Å². The third-order valence-electron chi connectivity index (χ3n) is 5.15. The molecule has 2 rings (SSSR count). The van der Waals surface area contributed by atoms with E-state index in [1.165, 1.54) is 38.5 Å². The number of phosphoric acid groups is 1. The average molecular weight is 467 g/mol.